The van der Waals surface area contributed by atoms with Crippen LogP contribution in [0.2, 0.25) is 0 Å². The standard InChI is InChI=1S/C27H26N6O5S2/c1-3-27(25(36)38-20(16-10-6-4-7-11-16)17-12-8-5-9-13-17)14-33-23(35)19(24(33)39-15-27)29-22(34)18(31-37-2)21-30-26(28)40-32-21/h3-13,19-20,24H,1,14-15H2,2H3,(H,29,34)(H2,28,30,32)/t19?,24-,27?/m1/s1. The molecule has 3 aromatic rings. The summed E-state index contributed by atoms with van der Waals surface area (Å²) in [6.45, 7) is 3.99. The molecular formula is C27H26N6O5S2. The SMILES string of the molecule is C=CC1(C(=O)OC(c2ccccc2)c2ccccc2)CS[C@@H]2C(NC(=O)C(=NOC)c3nsc(N)n3)C(=O)N2C1. The molecule has 0 aliphatic carbocycles. The van der Waals surface area contributed by atoms with Gasteiger partial charge in [-0.15, -0.1) is 18.3 Å². The lowest BCUT2D eigenvalue weighted by Crippen LogP contribution is -2.74. The van der Waals surface area contributed by atoms with Crippen LogP contribution < -0.4 is 11.1 Å². The van der Waals surface area contributed by atoms with Crippen molar-refractivity contribution in [3.05, 3.63) is 90.3 Å². The Kier molecular flexibility index (Phi) is 7.85. The predicted octanol–water partition coefficient (Wildman–Crippen LogP) is 2.38. The molecule has 1 aromatic heterocycles. The molecule has 2 aliphatic heterocycles. The summed E-state index contributed by atoms with van der Waals surface area (Å²) in [5, 5.41) is 6.18. The number of ether oxygens (including phenoxy) is 1. The number of fused-ring (bicyclic) bond motifs is 1. The molecule has 2 saturated heterocycles. The number of nitrogens with two attached hydrogens (primary N) is 1. The molecule has 40 heavy (non-hydrogen) atoms. The molecule has 2 fully saturated rings. The van der Waals surface area contributed by atoms with Crippen LogP contribution in [0.3, 0.4) is 0 Å². The average molecular weight is 579 g/mol. The van der Waals surface area contributed by atoms with Crippen LogP contribution in [0.5, 0.6) is 0 Å². The first kappa shape index (κ1) is 27.3. The summed E-state index contributed by atoms with van der Waals surface area (Å²) in [4.78, 5) is 50.1. The maximum atomic E-state index is 13.7. The van der Waals surface area contributed by atoms with Crippen LogP contribution in [-0.2, 0) is 24.0 Å². The number of rotatable bonds is 9. The average Bonchev–Trinajstić information content (AvgIpc) is 3.43. The van der Waals surface area contributed by atoms with Crippen LogP contribution in [0, 0.1) is 5.41 Å². The quantitative estimate of drug-likeness (QED) is 0.128. The normalized spacial score (nSPS) is 22.2. The molecule has 2 aromatic carbocycles. The number of nitrogens with zero attached hydrogens (tertiary/aromatic N) is 4. The first-order valence-electron chi connectivity index (χ1n) is 12.2. The minimum atomic E-state index is -1.13. The van der Waals surface area contributed by atoms with Gasteiger partial charge in [-0.25, -0.2) is 0 Å². The number of aromatic nitrogens is 2. The van der Waals surface area contributed by atoms with Gasteiger partial charge < -0.3 is 25.5 Å². The Morgan fingerprint density at radius 1 is 1.20 bits per heavy atom. The van der Waals surface area contributed by atoms with E-state index in [-0.39, 0.29) is 34.5 Å². The maximum absolute atomic E-state index is 13.7. The van der Waals surface area contributed by atoms with Crippen LogP contribution in [0.1, 0.15) is 23.1 Å². The second-order valence-corrected chi connectivity index (χ2v) is 11.1. The van der Waals surface area contributed by atoms with Gasteiger partial charge in [-0.1, -0.05) is 71.9 Å². The van der Waals surface area contributed by atoms with E-state index in [0.717, 1.165) is 22.7 Å². The maximum Gasteiger partial charge on any atom is 0.319 e. The van der Waals surface area contributed by atoms with E-state index in [1.807, 2.05) is 60.7 Å². The second kappa shape index (κ2) is 11.5. The van der Waals surface area contributed by atoms with E-state index in [2.05, 4.69) is 26.4 Å². The number of oxime groups is 1. The van der Waals surface area contributed by atoms with Crippen LogP contribution in [-0.4, -0.2) is 68.6 Å². The van der Waals surface area contributed by atoms with Gasteiger partial charge in [-0.05, 0) is 11.1 Å². The van der Waals surface area contributed by atoms with Gasteiger partial charge in [0.15, 0.2) is 11.2 Å². The number of hydrogen-bond donors (Lipinski definition) is 2. The summed E-state index contributed by atoms with van der Waals surface area (Å²) in [6.07, 6.45) is 0.923. The fourth-order valence-electron chi connectivity index (χ4n) is 4.55. The second-order valence-electron chi connectivity index (χ2n) is 9.16. The van der Waals surface area contributed by atoms with Gasteiger partial charge in [-0.3, -0.25) is 14.4 Å². The highest BCUT2D eigenvalue weighted by Crippen LogP contribution is 2.44. The minimum absolute atomic E-state index is 0.00146. The first-order valence-corrected chi connectivity index (χ1v) is 14.1. The first-order chi connectivity index (χ1) is 19.4. The van der Waals surface area contributed by atoms with Crippen molar-refractivity contribution < 1.29 is 24.0 Å². The fraction of sp³-hybridized carbons (Fsp3) is 0.259. The summed E-state index contributed by atoms with van der Waals surface area (Å²) < 4.78 is 10.1. The molecule has 5 rings (SSSR count). The van der Waals surface area contributed by atoms with Crippen molar-refractivity contribution in [3.8, 4) is 0 Å². The molecule has 2 unspecified atom stereocenters. The minimum Gasteiger partial charge on any atom is -0.452 e. The third-order valence-corrected chi connectivity index (χ3v) is 8.76. The Bertz CT molecular complexity index is 1410. The number of nitrogen functional groups attached to an aromatic ring is 1. The predicted molar refractivity (Wildman–Crippen MR) is 151 cm³/mol. The number of esters is 1. The molecule has 206 valence electrons. The number of benzene rings is 2. The molecule has 2 amide bonds. The van der Waals surface area contributed by atoms with E-state index < -0.39 is 29.4 Å². The van der Waals surface area contributed by atoms with Crippen LogP contribution >= 0.6 is 23.3 Å². The Morgan fingerprint density at radius 3 is 2.40 bits per heavy atom. The smallest absolute Gasteiger partial charge is 0.319 e. The molecule has 3 atom stereocenters. The van der Waals surface area contributed by atoms with E-state index in [0.29, 0.717) is 5.75 Å². The zero-order chi connectivity index (χ0) is 28.3. The lowest BCUT2D eigenvalue weighted by molar-refractivity contribution is -0.162. The molecule has 13 heteroatoms. The highest BCUT2D eigenvalue weighted by Gasteiger charge is 2.57. The van der Waals surface area contributed by atoms with Crippen LogP contribution in [0.15, 0.2) is 78.5 Å². The van der Waals surface area contributed by atoms with Crippen LogP contribution in [0.4, 0.5) is 5.13 Å². The summed E-state index contributed by atoms with van der Waals surface area (Å²) in [7, 11) is 1.28. The van der Waals surface area contributed by atoms with Crippen molar-refractivity contribution in [1.29, 1.82) is 0 Å². The zero-order valence-corrected chi connectivity index (χ0v) is 23.1. The monoisotopic (exact) mass is 578 g/mol. The summed E-state index contributed by atoms with van der Waals surface area (Å²) in [5.41, 5.74) is 5.96. The molecule has 0 spiro atoms. The van der Waals surface area contributed by atoms with Crippen molar-refractivity contribution in [2.24, 2.45) is 10.6 Å². The Labute approximate surface area is 238 Å². The highest BCUT2D eigenvalue weighted by atomic mass is 32.2. The van der Waals surface area contributed by atoms with Crippen molar-refractivity contribution in [2.45, 2.75) is 17.5 Å². The summed E-state index contributed by atoms with van der Waals surface area (Å²) >= 11 is 2.28. The molecule has 0 saturated carbocycles. The Morgan fingerprint density at radius 2 is 1.85 bits per heavy atom. The highest BCUT2D eigenvalue weighted by molar-refractivity contribution is 8.00. The summed E-state index contributed by atoms with van der Waals surface area (Å²) in [6, 6.07) is 18.1. The van der Waals surface area contributed by atoms with Gasteiger partial charge >= 0.3 is 5.97 Å². The Hall–Kier alpha value is -4.23. The lowest BCUT2D eigenvalue weighted by Gasteiger charge is -2.53. The molecule has 2 aliphatic rings. The molecule has 11 nitrogen and oxygen atoms in total. The van der Waals surface area contributed by atoms with E-state index in [9.17, 15) is 14.4 Å². The molecular weight excluding hydrogens is 552 g/mol. The summed E-state index contributed by atoms with van der Waals surface area (Å²) in [5.74, 6) is -1.17. The van der Waals surface area contributed by atoms with E-state index >= 15 is 0 Å². The third kappa shape index (κ3) is 5.17. The van der Waals surface area contributed by atoms with Gasteiger partial charge in [0.1, 0.15) is 23.9 Å². The lowest BCUT2D eigenvalue weighted by atomic mass is 9.87. The van der Waals surface area contributed by atoms with Gasteiger partial charge in [0.05, 0.1) is 0 Å². The van der Waals surface area contributed by atoms with Crippen molar-refractivity contribution in [1.82, 2.24) is 19.6 Å². The molecule has 0 radical (unpaired) electrons. The van der Waals surface area contributed by atoms with E-state index in [1.54, 1.807) is 11.0 Å². The van der Waals surface area contributed by atoms with E-state index in [1.165, 1.54) is 18.9 Å². The number of anilines is 1. The van der Waals surface area contributed by atoms with Crippen molar-refractivity contribution in [2.75, 3.05) is 25.1 Å². The number of carbonyl (C=O) groups is 3. The number of hydrogen-bond acceptors (Lipinski definition) is 11. The number of β-lactam (4-membered cyclic amide) rings is 1. The topological polar surface area (TPSA) is 149 Å². The number of carbonyl (C=O) groups excluding carboxylic acids is 3. The molecule has 3 N–H and O–H groups in total. The Balaban J connectivity index is 1.29. The van der Waals surface area contributed by atoms with Crippen LogP contribution in [0.25, 0.3) is 0 Å². The molecule has 3 heterocycles. The fourth-order valence-corrected chi connectivity index (χ4v) is 6.51. The third-order valence-electron chi connectivity index (χ3n) is 6.67. The van der Waals surface area contributed by atoms with Gasteiger partial charge in [0.25, 0.3) is 5.91 Å². The molecule has 0 bridgehead atoms. The number of amides is 2. The van der Waals surface area contributed by atoms with Gasteiger partial charge in [0.2, 0.25) is 17.4 Å². The van der Waals surface area contributed by atoms with Gasteiger partial charge in [-0.2, -0.15) is 9.36 Å². The van der Waals surface area contributed by atoms with Gasteiger partial charge in [0, 0.05) is 23.8 Å². The zero-order valence-electron chi connectivity index (χ0n) is 21.4. The van der Waals surface area contributed by atoms with Crippen molar-refractivity contribution >= 4 is 51.9 Å². The van der Waals surface area contributed by atoms with E-state index in [4.69, 9.17) is 15.3 Å². The number of thioether (sulfide) groups is 1. The largest absolute Gasteiger partial charge is 0.452 e. The number of nitrogens with one attached hydrogen (secondary N) is 1. The van der Waals surface area contributed by atoms with Crippen molar-refractivity contribution in [3.63, 3.8) is 0 Å².